The Morgan fingerprint density at radius 2 is 2.03 bits per heavy atom. The number of aromatic nitrogens is 2. The van der Waals surface area contributed by atoms with E-state index in [-0.39, 0.29) is 24.1 Å². The third-order valence-electron chi connectivity index (χ3n) is 6.69. The average molecular weight is 491 g/mol. The van der Waals surface area contributed by atoms with Gasteiger partial charge < -0.3 is 15.1 Å². The molecule has 0 radical (unpaired) electrons. The van der Waals surface area contributed by atoms with Crippen molar-refractivity contribution >= 4 is 23.5 Å². The fraction of sp³-hybridized carbons (Fsp3) is 0.385. The zero-order valence-electron chi connectivity index (χ0n) is 20.4. The van der Waals surface area contributed by atoms with Crippen LogP contribution < -0.4 is 10.6 Å². The van der Waals surface area contributed by atoms with Crippen molar-refractivity contribution in [2.24, 2.45) is 5.92 Å². The van der Waals surface area contributed by atoms with Gasteiger partial charge in [-0.25, -0.2) is 9.69 Å². The number of fused-ring (bicyclic) bond motifs is 2. The maximum atomic E-state index is 13.4. The molecule has 2 aromatic heterocycles. The third-order valence-corrected chi connectivity index (χ3v) is 6.69. The number of furan rings is 1. The van der Waals surface area contributed by atoms with Gasteiger partial charge in [0.25, 0.3) is 5.91 Å². The predicted octanol–water partition coefficient (Wildman–Crippen LogP) is 2.95. The average Bonchev–Trinajstić information content (AvgIpc) is 3.62. The molecule has 0 saturated carbocycles. The summed E-state index contributed by atoms with van der Waals surface area (Å²) in [5.74, 6) is -0.285. The standard InChI is InChI=1S/C26H30N6O4/c1-3-31-22(15-20(29-31)21-10-6-13-36-21)27-23(33)14-17(2)25(34)28-24-19-9-5-4-8-18(19)16-30-11-7-12-32(30)26(24)35/h4-6,8-10,13,15,17,24H,3,7,11-12,14,16H2,1-2H3,(H,27,33)(H,28,34)/t17-,24+/m1/s1. The van der Waals surface area contributed by atoms with Crippen LogP contribution in [-0.4, -0.2) is 50.6 Å². The first-order valence-corrected chi connectivity index (χ1v) is 12.3. The van der Waals surface area contributed by atoms with Crippen molar-refractivity contribution < 1.29 is 18.8 Å². The number of rotatable bonds is 7. The molecule has 10 heteroatoms. The van der Waals surface area contributed by atoms with Gasteiger partial charge in [-0.3, -0.25) is 19.4 Å². The topological polar surface area (TPSA) is 113 Å². The highest BCUT2D eigenvalue weighted by Crippen LogP contribution is 2.30. The van der Waals surface area contributed by atoms with Crippen molar-refractivity contribution in [3.63, 3.8) is 0 Å². The third kappa shape index (κ3) is 4.64. The smallest absolute Gasteiger partial charge is 0.264 e. The molecule has 0 bridgehead atoms. The van der Waals surface area contributed by atoms with Crippen molar-refractivity contribution in [2.75, 3.05) is 18.4 Å². The van der Waals surface area contributed by atoms with Crippen LogP contribution in [0, 0.1) is 5.92 Å². The number of amides is 3. The van der Waals surface area contributed by atoms with Crippen molar-refractivity contribution in [3.05, 3.63) is 59.9 Å². The second-order valence-corrected chi connectivity index (χ2v) is 9.20. The van der Waals surface area contributed by atoms with Crippen LogP contribution in [-0.2, 0) is 27.5 Å². The molecule has 4 heterocycles. The molecule has 2 atom stereocenters. The lowest BCUT2D eigenvalue weighted by Gasteiger charge is -2.28. The van der Waals surface area contributed by atoms with Gasteiger partial charge in [0.05, 0.1) is 6.26 Å². The Hall–Kier alpha value is -3.92. The number of nitrogens with zero attached hydrogens (tertiary/aromatic N) is 4. The van der Waals surface area contributed by atoms with Crippen LogP contribution in [0.2, 0.25) is 0 Å². The maximum absolute atomic E-state index is 13.4. The van der Waals surface area contributed by atoms with Gasteiger partial charge in [-0.15, -0.1) is 0 Å². The molecule has 10 nitrogen and oxygen atoms in total. The summed E-state index contributed by atoms with van der Waals surface area (Å²) in [5, 5.41) is 14.0. The molecule has 0 aliphatic carbocycles. The highest BCUT2D eigenvalue weighted by atomic mass is 16.3. The second-order valence-electron chi connectivity index (χ2n) is 9.20. The number of aryl methyl sites for hydroxylation is 1. The van der Waals surface area contributed by atoms with Crippen molar-refractivity contribution in [2.45, 2.75) is 45.8 Å². The molecule has 36 heavy (non-hydrogen) atoms. The van der Waals surface area contributed by atoms with E-state index in [1.165, 1.54) is 0 Å². The van der Waals surface area contributed by atoms with Gasteiger partial charge in [-0.05, 0) is 36.6 Å². The van der Waals surface area contributed by atoms with Crippen LogP contribution in [0.5, 0.6) is 0 Å². The summed E-state index contributed by atoms with van der Waals surface area (Å²) >= 11 is 0. The number of carbonyl (C=O) groups excluding carboxylic acids is 3. The van der Waals surface area contributed by atoms with E-state index in [9.17, 15) is 14.4 Å². The van der Waals surface area contributed by atoms with Gasteiger partial charge in [-0.1, -0.05) is 31.2 Å². The van der Waals surface area contributed by atoms with Crippen molar-refractivity contribution in [1.29, 1.82) is 0 Å². The molecule has 3 aromatic rings. The number of benzene rings is 1. The Morgan fingerprint density at radius 3 is 2.81 bits per heavy atom. The van der Waals surface area contributed by atoms with E-state index in [1.54, 1.807) is 41.1 Å². The van der Waals surface area contributed by atoms with E-state index >= 15 is 0 Å². The molecule has 2 aliphatic heterocycles. The van der Waals surface area contributed by atoms with E-state index in [1.807, 2.05) is 36.2 Å². The molecule has 1 aromatic carbocycles. The Kier molecular flexibility index (Phi) is 6.60. The van der Waals surface area contributed by atoms with Gasteiger partial charge in [0.1, 0.15) is 17.6 Å². The Bertz CT molecular complexity index is 1270. The summed E-state index contributed by atoms with van der Waals surface area (Å²) in [7, 11) is 0. The SMILES string of the molecule is CCn1nc(-c2ccco2)cc1NC(=O)C[C@@H](C)C(=O)N[C@@H]1C(=O)N2CCCN2Cc2ccccc21. The van der Waals surface area contributed by atoms with Gasteiger partial charge in [-0.2, -0.15) is 5.10 Å². The molecule has 5 rings (SSSR count). The van der Waals surface area contributed by atoms with Crippen LogP contribution in [0.3, 0.4) is 0 Å². The van der Waals surface area contributed by atoms with E-state index < -0.39 is 12.0 Å². The zero-order valence-corrected chi connectivity index (χ0v) is 20.4. The van der Waals surface area contributed by atoms with Crippen molar-refractivity contribution in [1.82, 2.24) is 25.1 Å². The molecule has 2 N–H and O–H groups in total. The number of anilines is 1. The number of carbonyl (C=O) groups is 3. The summed E-state index contributed by atoms with van der Waals surface area (Å²) in [6.45, 7) is 6.26. The molecule has 1 fully saturated rings. The van der Waals surface area contributed by atoms with Crippen LogP contribution in [0.15, 0.2) is 53.1 Å². The number of hydrogen-bond acceptors (Lipinski definition) is 6. The molecular formula is C26H30N6O4. The molecule has 0 unspecified atom stereocenters. The summed E-state index contributed by atoms with van der Waals surface area (Å²) < 4.78 is 7.07. The minimum Gasteiger partial charge on any atom is -0.463 e. The van der Waals surface area contributed by atoms with Gasteiger partial charge in [0.15, 0.2) is 5.76 Å². The second kappa shape index (κ2) is 9.98. The first kappa shape index (κ1) is 23.8. The van der Waals surface area contributed by atoms with Crippen LogP contribution in [0.1, 0.15) is 43.9 Å². The zero-order chi connectivity index (χ0) is 25.2. The fourth-order valence-corrected chi connectivity index (χ4v) is 4.81. The first-order valence-electron chi connectivity index (χ1n) is 12.3. The summed E-state index contributed by atoms with van der Waals surface area (Å²) in [6.07, 6.45) is 2.44. The predicted molar refractivity (Wildman–Crippen MR) is 132 cm³/mol. The van der Waals surface area contributed by atoms with Gasteiger partial charge in [0.2, 0.25) is 11.8 Å². The van der Waals surface area contributed by atoms with E-state index in [4.69, 9.17) is 4.42 Å². The van der Waals surface area contributed by atoms with Gasteiger partial charge in [0, 0.05) is 44.6 Å². The van der Waals surface area contributed by atoms with E-state index in [2.05, 4.69) is 15.7 Å². The molecule has 1 saturated heterocycles. The maximum Gasteiger partial charge on any atom is 0.264 e. The fourth-order valence-electron chi connectivity index (χ4n) is 4.81. The number of hydrogen-bond donors (Lipinski definition) is 2. The lowest BCUT2D eigenvalue weighted by Crippen LogP contribution is -2.46. The van der Waals surface area contributed by atoms with Crippen LogP contribution >= 0.6 is 0 Å². The normalized spacial score (nSPS) is 18.3. The minimum atomic E-state index is -0.778. The van der Waals surface area contributed by atoms with Crippen LogP contribution in [0.4, 0.5) is 5.82 Å². The first-order chi connectivity index (χ1) is 17.4. The summed E-state index contributed by atoms with van der Waals surface area (Å²) in [5.41, 5.74) is 2.44. The largest absolute Gasteiger partial charge is 0.463 e. The Labute approximate surface area is 209 Å². The Morgan fingerprint density at radius 1 is 1.19 bits per heavy atom. The highest BCUT2D eigenvalue weighted by Gasteiger charge is 2.38. The highest BCUT2D eigenvalue weighted by molar-refractivity contribution is 5.95. The molecular weight excluding hydrogens is 460 g/mol. The Balaban J connectivity index is 1.26. The molecule has 3 amide bonds. The summed E-state index contributed by atoms with van der Waals surface area (Å²) in [4.78, 5) is 39.3. The lowest BCUT2D eigenvalue weighted by molar-refractivity contribution is -0.148. The monoisotopic (exact) mass is 490 g/mol. The lowest BCUT2D eigenvalue weighted by atomic mass is 9.98. The number of hydrazine groups is 1. The minimum absolute atomic E-state index is 0.0325. The van der Waals surface area contributed by atoms with Crippen molar-refractivity contribution in [3.8, 4) is 11.5 Å². The molecule has 0 spiro atoms. The molecule has 188 valence electrons. The quantitative estimate of drug-likeness (QED) is 0.527. The summed E-state index contributed by atoms with van der Waals surface area (Å²) in [6, 6.07) is 12.2. The molecule has 2 aliphatic rings. The number of nitrogens with one attached hydrogen (secondary N) is 2. The van der Waals surface area contributed by atoms with Crippen LogP contribution in [0.25, 0.3) is 11.5 Å². The van der Waals surface area contributed by atoms with E-state index in [0.717, 1.165) is 24.1 Å². The van der Waals surface area contributed by atoms with E-state index in [0.29, 0.717) is 36.9 Å². The van der Waals surface area contributed by atoms with Gasteiger partial charge >= 0.3 is 0 Å².